The fourth-order valence-corrected chi connectivity index (χ4v) is 4.88. The van der Waals surface area contributed by atoms with Crippen LogP contribution in [0.2, 0.25) is 0 Å². The number of aliphatic hydroxyl groups excluding tert-OH is 1. The van der Waals surface area contributed by atoms with Crippen molar-refractivity contribution < 1.29 is 37.3 Å². The van der Waals surface area contributed by atoms with Crippen molar-refractivity contribution in [2.45, 2.75) is 38.1 Å². The summed E-state index contributed by atoms with van der Waals surface area (Å²) in [6.07, 6.45) is -3.98. The minimum Gasteiger partial charge on any atom is -0.465 e. The highest BCUT2D eigenvalue weighted by molar-refractivity contribution is 5.99. The van der Waals surface area contributed by atoms with Crippen molar-refractivity contribution in [3.8, 4) is 22.9 Å². The van der Waals surface area contributed by atoms with Crippen LogP contribution in [-0.2, 0) is 0 Å². The maximum absolute atomic E-state index is 14.7. The second-order valence-electron chi connectivity index (χ2n) is 10.1. The molecule has 4 aromatic rings. The predicted octanol–water partition coefficient (Wildman–Crippen LogP) is 5.82. The number of hydrogen-bond donors (Lipinski definition) is 4. The summed E-state index contributed by atoms with van der Waals surface area (Å²) in [5.74, 6) is -0.0113. The third-order valence-corrected chi connectivity index (χ3v) is 7.07. The van der Waals surface area contributed by atoms with Gasteiger partial charge in [0.25, 0.3) is 0 Å². The molecule has 2 aromatic carbocycles. The Morgan fingerprint density at radius 1 is 1.14 bits per heavy atom. The lowest BCUT2D eigenvalue weighted by Crippen LogP contribution is -2.44. The van der Waals surface area contributed by atoms with Crippen molar-refractivity contribution in [3.05, 3.63) is 66.2 Å². The van der Waals surface area contributed by atoms with Crippen LogP contribution in [0.15, 0.2) is 54.9 Å². The summed E-state index contributed by atoms with van der Waals surface area (Å²) in [6.45, 7) is 1.60. The number of carbonyl (C=O) groups is 1. The maximum Gasteiger partial charge on any atom is 0.416 e. The first-order valence-corrected chi connectivity index (χ1v) is 13.4. The average Bonchev–Trinajstić information content (AvgIpc) is 2.98. The van der Waals surface area contributed by atoms with Crippen LogP contribution < -0.4 is 15.4 Å². The number of anilines is 2. The zero-order valence-electron chi connectivity index (χ0n) is 22.9. The zero-order valence-corrected chi connectivity index (χ0v) is 22.9. The van der Waals surface area contributed by atoms with E-state index in [9.17, 15) is 32.6 Å². The second kappa shape index (κ2) is 12.3. The molecule has 3 heterocycles. The predicted molar refractivity (Wildman–Crippen MR) is 151 cm³/mol. The molecule has 4 N–H and O–H groups in total. The Labute approximate surface area is 243 Å². The number of hydrogen-bond acceptors (Lipinski definition) is 8. The van der Waals surface area contributed by atoms with E-state index in [1.807, 2.05) is 0 Å². The molecular formula is C29H28F4N6O4. The molecular weight excluding hydrogens is 572 g/mol. The number of pyridine rings is 1. The van der Waals surface area contributed by atoms with Gasteiger partial charge in [-0.3, -0.25) is 0 Å². The van der Waals surface area contributed by atoms with Crippen LogP contribution in [-0.4, -0.2) is 74.1 Å². The molecule has 0 spiro atoms. The van der Waals surface area contributed by atoms with E-state index in [-0.39, 0.29) is 23.0 Å². The number of amides is 1. The third-order valence-electron chi connectivity index (χ3n) is 7.07. The van der Waals surface area contributed by atoms with Gasteiger partial charge in [0.05, 0.1) is 16.9 Å². The second-order valence-corrected chi connectivity index (χ2v) is 10.1. The number of fused-ring (bicyclic) bond motifs is 1. The first-order valence-electron chi connectivity index (χ1n) is 13.4. The smallest absolute Gasteiger partial charge is 0.416 e. The number of halogens is 4. The summed E-state index contributed by atoms with van der Waals surface area (Å²) >= 11 is 0. The lowest BCUT2D eigenvalue weighted by molar-refractivity contribution is -0.198. The van der Waals surface area contributed by atoms with Gasteiger partial charge < -0.3 is 30.5 Å². The van der Waals surface area contributed by atoms with Crippen molar-refractivity contribution in [3.63, 3.8) is 0 Å². The van der Waals surface area contributed by atoms with Gasteiger partial charge in [-0.2, -0.15) is 13.2 Å². The van der Waals surface area contributed by atoms with E-state index >= 15 is 0 Å². The van der Waals surface area contributed by atoms with Gasteiger partial charge >= 0.3 is 12.3 Å². The van der Waals surface area contributed by atoms with Gasteiger partial charge in [0.15, 0.2) is 6.10 Å². The maximum atomic E-state index is 14.7. The molecule has 0 aliphatic carbocycles. The van der Waals surface area contributed by atoms with Gasteiger partial charge in [0, 0.05) is 48.8 Å². The minimum atomic E-state index is -4.86. The van der Waals surface area contributed by atoms with E-state index in [1.165, 1.54) is 17.2 Å². The van der Waals surface area contributed by atoms with Gasteiger partial charge in [-0.1, -0.05) is 12.1 Å². The summed E-state index contributed by atoms with van der Waals surface area (Å²) < 4.78 is 59.5. The summed E-state index contributed by atoms with van der Waals surface area (Å²) in [5.41, 5.74) is 1.43. The molecule has 2 aromatic heterocycles. The number of nitrogens with one attached hydrogen (secondary N) is 2. The number of nitrogens with zero attached hydrogens (tertiary/aromatic N) is 4. The lowest BCUT2D eigenvalue weighted by Gasteiger charge is -2.31. The van der Waals surface area contributed by atoms with Crippen molar-refractivity contribution >= 4 is 28.5 Å². The Hall–Kier alpha value is -4.72. The van der Waals surface area contributed by atoms with Crippen LogP contribution in [0.1, 0.15) is 18.4 Å². The van der Waals surface area contributed by atoms with E-state index in [0.29, 0.717) is 53.4 Å². The quantitative estimate of drug-likeness (QED) is 0.185. The fourth-order valence-electron chi connectivity index (χ4n) is 4.88. The molecule has 5 rings (SSSR count). The highest BCUT2D eigenvalue weighted by Crippen LogP contribution is 2.39. The number of piperidine rings is 1. The van der Waals surface area contributed by atoms with E-state index in [0.717, 1.165) is 12.5 Å². The average molecular weight is 601 g/mol. The third kappa shape index (κ3) is 6.69. The molecule has 2 unspecified atom stereocenters. The van der Waals surface area contributed by atoms with Gasteiger partial charge in [-0.25, -0.2) is 24.1 Å². The number of aliphatic hydroxyl groups is 1. The summed E-state index contributed by atoms with van der Waals surface area (Å²) in [5, 5.41) is 25.0. The Bertz CT molecular complexity index is 1640. The van der Waals surface area contributed by atoms with E-state index < -0.39 is 30.7 Å². The van der Waals surface area contributed by atoms with Crippen molar-refractivity contribution in [2.24, 2.45) is 0 Å². The molecule has 1 saturated heterocycles. The van der Waals surface area contributed by atoms with Crippen LogP contribution >= 0.6 is 0 Å². The molecule has 1 aliphatic rings. The van der Waals surface area contributed by atoms with Gasteiger partial charge in [0.1, 0.15) is 11.6 Å². The van der Waals surface area contributed by atoms with E-state index in [4.69, 9.17) is 4.74 Å². The molecule has 1 aliphatic heterocycles. The SMILES string of the molecule is Cc1ccc2c(NCC(O)C(F)(F)F)c(F)ccc2c1Oc1ncccc1-c1ccnc(NC2CCCN(C(=O)O)C2)n1. The van der Waals surface area contributed by atoms with Crippen molar-refractivity contribution in [2.75, 3.05) is 30.3 Å². The molecule has 1 amide bonds. The number of rotatable bonds is 8. The Balaban J connectivity index is 1.44. The van der Waals surface area contributed by atoms with Crippen LogP contribution in [0.3, 0.4) is 0 Å². The van der Waals surface area contributed by atoms with Crippen molar-refractivity contribution in [1.82, 2.24) is 19.9 Å². The first-order chi connectivity index (χ1) is 20.5. The number of carboxylic acid groups (broad SMARTS) is 1. The van der Waals surface area contributed by atoms with Crippen LogP contribution in [0.25, 0.3) is 22.0 Å². The molecule has 43 heavy (non-hydrogen) atoms. The topological polar surface area (TPSA) is 133 Å². The van der Waals surface area contributed by atoms with Gasteiger partial charge in [-0.15, -0.1) is 0 Å². The summed E-state index contributed by atoms with van der Waals surface area (Å²) in [7, 11) is 0. The number of aryl methyl sites for hydroxylation is 1. The van der Waals surface area contributed by atoms with Gasteiger partial charge in [-0.05, 0) is 55.7 Å². The highest BCUT2D eigenvalue weighted by Gasteiger charge is 2.38. The highest BCUT2D eigenvalue weighted by atomic mass is 19.4. The standard InChI is InChI=1S/C29H28F4N6O4/c1-16-6-7-18-19(8-9-21(30)24(18)36-14-23(40)29(31,32)33)25(16)43-26-20(5-2-11-34-26)22-10-12-35-27(38-22)37-17-4-3-13-39(15-17)28(41)42/h2,5-12,17,23,36,40H,3-4,13-15H2,1H3,(H,41,42)(H,35,37,38). The largest absolute Gasteiger partial charge is 0.465 e. The van der Waals surface area contributed by atoms with E-state index in [2.05, 4.69) is 25.6 Å². The van der Waals surface area contributed by atoms with Crippen molar-refractivity contribution in [1.29, 1.82) is 0 Å². The molecule has 2 atom stereocenters. The molecule has 0 saturated carbocycles. The Morgan fingerprint density at radius 2 is 1.93 bits per heavy atom. The number of benzene rings is 2. The Morgan fingerprint density at radius 3 is 2.70 bits per heavy atom. The summed E-state index contributed by atoms with van der Waals surface area (Å²) in [6, 6.07) is 10.7. The first kappa shape index (κ1) is 29.8. The lowest BCUT2D eigenvalue weighted by atomic mass is 10.0. The molecule has 0 bridgehead atoms. The summed E-state index contributed by atoms with van der Waals surface area (Å²) in [4.78, 5) is 26.0. The minimum absolute atomic E-state index is 0.163. The monoisotopic (exact) mass is 600 g/mol. The Kier molecular flexibility index (Phi) is 8.48. The van der Waals surface area contributed by atoms with Gasteiger partial charge in [0.2, 0.25) is 11.8 Å². The van der Waals surface area contributed by atoms with Crippen LogP contribution in [0.4, 0.5) is 34.0 Å². The zero-order chi connectivity index (χ0) is 30.7. The molecule has 14 heteroatoms. The number of ether oxygens (including phenoxy) is 1. The molecule has 1 fully saturated rings. The van der Waals surface area contributed by atoms with Crippen LogP contribution in [0, 0.1) is 12.7 Å². The fraction of sp³-hybridized carbons (Fsp3) is 0.310. The molecule has 0 radical (unpaired) electrons. The molecule has 10 nitrogen and oxygen atoms in total. The normalized spacial score (nSPS) is 16.1. The van der Waals surface area contributed by atoms with E-state index in [1.54, 1.807) is 43.5 Å². The van der Waals surface area contributed by atoms with Crippen LogP contribution in [0.5, 0.6) is 11.6 Å². The number of alkyl halides is 3. The number of aromatic nitrogens is 3. The number of likely N-dealkylation sites (tertiary alicyclic amines) is 1. The molecule has 226 valence electrons.